The van der Waals surface area contributed by atoms with Gasteiger partial charge in [-0.25, -0.2) is 0 Å². The molecule has 0 unspecified atom stereocenters. The van der Waals surface area contributed by atoms with Gasteiger partial charge in [-0.2, -0.15) is 0 Å². The molecule has 0 N–H and O–H groups in total. The van der Waals surface area contributed by atoms with Crippen molar-refractivity contribution in [1.29, 1.82) is 0 Å². The Morgan fingerprint density at radius 1 is 0.276 bits per heavy atom. The summed E-state index contributed by atoms with van der Waals surface area (Å²) in [6.07, 6.45) is 0. The molecular weight excluding hydrogens is 701 g/mol. The van der Waals surface area contributed by atoms with Gasteiger partial charge in [-0.15, -0.1) is 0 Å². The molecular formula is C56H38N2. The molecule has 0 spiro atoms. The first kappa shape index (κ1) is 33.6. The zero-order valence-electron chi connectivity index (χ0n) is 31.8. The molecule has 1 heterocycles. The van der Waals surface area contributed by atoms with Crippen molar-refractivity contribution >= 4 is 60.4 Å². The van der Waals surface area contributed by atoms with Crippen molar-refractivity contribution in [1.82, 2.24) is 4.57 Å². The number of aromatic nitrogens is 1. The van der Waals surface area contributed by atoms with Gasteiger partial charge in [0.2, 0.25) is 0 Å². The van der Waals surface area contributed by atoms with E-state index in [1.807, 2.05) is 0 Å². The highest BCUT2D eigenvalue weighted by Gasteiger charge is 2.17. The molecule has 0 aliphatic carbocycles. The molecule has 10 aromatic carbocycles. The summed E-state index contributed by atoms with van der Waals surface area (Å²) in [7, 11) is 0. The maximum atomic E-state index is 2.41. The summed E-state index contributed by atoms with van der Waals surface area (Å²) in [4.78, 5) is 2.36. The van der Waals surface area contributed by atoms with Gasteiger partial charge in [0.1, 0.15) is 0 Å². The first-order valence-corrected chi connectivity index (χ1v) is 19.9. The van der Waals surface area contributed by atoms with Crippen LogP contribution in [0.2, 0.25) is 0 Å². The quantitative estimate of drug-likeness (QED) is 0.158. The molecule has 2 nitrogen and oxygen atoms in total. The highest BCUT2D eigenvalue weighted by atomic mass is 15.1. The SMILES string of the molecule is c1ccc(-n2c3ccccc3c3ccccc32)c(-c2ccc(-c3ccc(N(c4ccc(-c5cccc6ccccc56)cc4)c4ccc5ccccc5c4)cc3)cc2)c1. The van der Waals surface area contributed by atoms with Crippen LogP contribution in [0.4, 0.5) is 17.1 Å². The highest BCUT2D eigenvalue weighted by molar-refractivity contribution is 6.09. The topological polar surface area (TPSA) is 8.17 Å². The Morgan fingerprint density at radius 2 is 0.724 bits per heavy atom. The maximum Gasteiger partial charge on any atom is 0.0541 e. The summed E-state index contributed by atoms with van der Waals surface area (Å²) in [6.45, 7) is 0. The predicted molar refractivity (Wildman–Crippen MR) is 247 cm³/mol. The number of nitrogens with zero attached hydrogens (tertiary/aromatic N) is 2. The van der Waals surface area contributed by atoms with Gasteiger partial charge in [-0.1, -0.05) is 176 Å². The van der Waals surface area contributed by atoms with Gasteiger partial charge in [0.15, 0.2) is 0 Å². The van der Waals surface area contributed by atoms with Gasteiger partial charge < -0.3 is 9.47 Å². The number of hydrogen-bond acceptors (Lipinski definition) is 1. The number of hydrogen-bond donors (Lipinski definition) is 0. The summed E-state index contributed by atoms with van der Waals surface area (Å²) < 4.78 is 2.41. The number of para-hydroxylation sites is 3. The summed E-state index contributed by atoms with van der Waals surface area (Å²) >= 11 is 0. The molecule has 11 rings (SSSR count). The van der Waals surface area contributed by atoms with E-state index in [-0.39, 0.29) is 0 Å². The largest absolute Gasteiger partial charge is 0.310 e. The Bertz CT molecular complexity index is 3200. The van der Waals surface area contributed by atoms with Gasteiger partial charge in [-0.05, 0) is 104 Å². The molecule has 0 radical (unpaired) electrons. The third-order valence-electron chi connectivity index (χ3n) is 11.6. The molecule has 0 atom stereocenters. The standard InChI is InChI=1S/C56H38N2/c1-2-14-45-38-48(37-30-39(45)12-1)57(47-35-31-43(32-36-47)50-20-11-15-42-13-3-4-16-49(42)50)46-33-28-41(29-34-46)40-24-26-44(27-25-40)51-17-5-8-21-54(51)58-55-22-9-6-18-52(55)53-19-7-10-23-56(53)58/h1-38H. The van der Waals surface area contributed by atoms with Gasteiger partial charge in [0.05, 0.1) is 16.7 Å². The normalized spacial score (nSPS) is 11.4. The summed E-state index contributed by atoms with van der Waals surface area (Å²) in [5, 5.41) is 7.50. The van der Waals surface area contributed by atoms with Crippen molar-refractivity contribution in [2.75, 3.05) is 4.90 Å². The lowest BCUT2D eigenvalue weighted by atomic mass is 9.97. The molecule has 0 bridgehead atoms. The van der Waals surface area contributed by atoms with Crippen LogP contribution in [0.25, 0.3) is 82.4 Å². The first-order valence-electron chi connectivity index (χ1n) is 19.9. The average molecular weight is 739 g/mol. The van der Waals surface area contributed by atoms with Crippen molar-refractivity contribution in [2.24, 2.45) is 0 Å². The highest BCUT2D eigenvalue weighted by Crippen LogP contribution is 2.40. The van der Waals surface area contributed by atoms with E-state index >= 15 is 0 Å². The molecule has 1 aromatic heterocycles. The van der Waals surface area contributed by atoms with E-state index in [1.54, 1.807) is 0 Å². The summed E-state index contributed by atoms with van der Waals surface area (Å²) in [5.74, 6) is 0. The fourth-order valence-electron chi connectivity index (χ4n) is 8.77. The third kappa shape index (κ3) is 5.82. The lowest BCUT2D eigenvalue weighted by Crippen LogP contribution is -2.09. The van der Waals surface area contributed by atoms with Gasteiger partial charge in [-0.3, -0.25) is 0 Å². The van der Waals surface area contributed by atoms with Crippen molar-refractivity contribution in [3.8, 4) is 39.1 Å². The van der Waals surface area contributed by atoms with E-state index in [1.165, 1.54) is 82.4 Å². The molecule has 0 amide bonds. The smallest absolute Gasteiger partial charge is 0.0541 e. The van der Waals surface area contributed by atoms with E-state index in [0.29, 0.717) is 0 Å². The minimum Gasteiger partial charge on any atom is -0.310 e. The lowest BCUT2D eigenvalue weighted by molar-refractivity contribution is 1.18. The van der Waals surface area contributed by atoms with Crippen LogP contribution in [-0.2, 0) is 0 Å². The molecule has 0 fully saturated rings. The van der Waals surface area contributed by atoms with Gasteiger partial charge in [0, 0.05) is 33.4 Å². The van der Waals surface area contributed by atoms with Crippen molar-refractivity contribution in [3.63, 3.8) is 0 Å². The Kier molecular flexibility index (Phi) is 8.19. The number of fused-ring (bicyclic) bond motifs is 5. The Morgan fingerprint density at radius 3 is 1.41 bits per heavy atom. The molecule has 0 aliphatic heterocycles. The zero-order chi connectivity index (χ0) is 38.4. The molecule has 58 heavy (non-hydrogen) atoms. The van der Waals surface area contributed by atoms with Gasteiger partial charge >= 0.3 is 0 Å². The Balaban J connectivity index is 0.940. The predicted octanol–water partition coefficient (Wildman–Crippen LogP) is 15.6. The van der Waals surface area contributed by atoms with Crippen LogP contribution in [0, 0.1) is 0 Å². The van der Waals surface area contributed by atoms with E-state index < -0.39 is 0 Å². The minimum atomic E-state index is 1.11. The summed E-state index contributed by atoms with van der Waals surface area (Å²) in [5.41, 5.74) is 14.1. The van der Waals surface area contributed by atoms with Crippen LogP contribution < -0.4 is 4.90 Å². The van der Waals surface area contributed by atoms with Crippen molar-refractivity contribution in [2.45, 2.75) is 0 Å². The molecule has 272 valence electrons. The monoisotopic (exact) mass is 738 g/mol. The van der Waals surface area contributed by atoms with E-state index in [0.717, 1.165) is 17.1 Å². The third-order valence-corrected chi connectivity index (χ3v) is 11.6. The van der Waals surface area contributed by atoms with E-state index in [9.17, 15) is 0 Å². The fraction of sp³-hybridized carbons (Fsp3) is 0. The van der Waals surface area contributed by atoms with Crippen LogP contribution in [0.15, 0.2) is 231 Å². The number of anilines is 3. The molecule has 0 saturated carbocycles. The second-order valence-electron chi connectivity index (χ2n) is 15.0. The molecule has 0 saturated heterocycles. The molecule has 2 heteroatoms. The van der Waals surface area contributed by atoms with Crippen molar-refractivity contribution < 1.29 is 0 Å². The van der Waals surface area contributed by atoms with Gasteiger partial charge in [0.25, 0.3) is 0 Å². The van der Waals surface area contributed by atoms with Crippen LogP contribution in [0.1, 0.15) is 0 Å². The second-order valence-corrected chi connectivity index (χ2v) is 15.0. The maximum absolute atomic E-state index is 2.41. The molecule has 11 aromatic rings. The van der Waals surface area contributed by atoms with Crippen LogP contribution in [0.5, 0.6) is 0 Å². The van der Waals surface area contributed by atoms with Crippen molar-refractivity contribution in [3.05, 3.63) is 231 Å². The Labute approximate surface area is 338 Å². The van der Waals surface area contributed by atoms with Crippen LogP contribution in [-0.4, -0.2) is 4.57 Å². The first-order chi connectivity index (χ1) is 28.8. The van der Waals surface area contributed by atoms with E-state index in [2.05, 4.69) is 240 Å². The second kappa shape index (κ2) is 14.1. The van der Waals surface area contributed by atoms with Crippen LogP contribution in [0.3, 0.4) is 0 Å². The number of rotatable bonds is 7. The average Bonchev–Trinajstić information content (AvgIpc) is 3.64. The Hall–Kier alpha value is -7.68. The lowest BCUT2D eigenvalue weighted by Gasteiger charge is -2.26. The minimum absolute atomic E-state index is 1.11. The molecule has 0 aliphatic rings. The summed E-state index contributed by atoms with van der Waals surface area (Å²) in [6, 6.07) is 83.6. The van der Waals surface area contributed by atoms with E-state index in [4.69, 9.17) is 0 Å². The van der Waals surface area contributed by atoms with Crippen LogP contribution >= 0.6 is 0 Å². The number of benzene rings is 10. The fourth-order valence-corrected chi connectivity index (χ4v) is 8.77. The zero-order valence-corrected chi connectivity index (χ0v) is 31.8.